The second-order valence-corrected chi connectivity index (χ2v) is 15.2. The molecular formula is C33H57N3O. The zero-order chi connectivity index (χ0) is 26.4. The van der Waals surface area contributed by atoms with Crippen LogP contribution in [0.2, 0.25) is 0 Å². The second-order valence-electron chi connectivity index (χ2n) is 15.2. The van der Waals surface area contributed by atoms with E-state index in [1.54, 1.807) is 0 Å². The molecule has 1 aromatic heterocycles. The predicted molar refractivity (Wildman–Crippen MR) is 152 cm³/mol. The largest absolute Gasteiger partial charge is 0.372 e. The molecule has 1 aromatic rings. The van der Waals surface area contributed by atoms with Crippen LogP contribution in [0.1, 0.15) is 137 Å². The van der Waals surface area contributed by atoms with E-state index in [0.29, 0.717) is 29.6 Å². The van der Waals surface area contributed by atoms with Gasteiger partial charge in [-0.1, -0.05) is 59.1 Å². The van der Waals surface area contributed by atoms with Crippen LogP contribution >= 0.6 is 0 Å². The Bertz CT molecular complexity index is 894. The first-order valence-corrected chi connectivity index (χ1v) is 16.1. The van der Waals surface area contributed by atoms with Crippen molar-refractivity contribution >= 4 is 0 Å². The molecule has 5 rings (SSSR count). The van der Waals surface area contributed by atoms with E-state index in [1.807, 2.05) is 4.68 Å². The summed E-state index contributed by atoms with van der Waals surface area (Å²) in [5.41, 5.74) is 2.12. The van der Waals surface area contributed by atoms with Gasteiger partial charge in [-0.2, -0.15) is 0 Å². The van der Waals surface area contributed by atoms with Gasteiger partial charge in [-0.25, -0.2) is 4.68 Å². The Labute approximate surface area is 228 Å². The van der Waals surface area contributed by atoms with Crippen molar-refractivity contribution in [3.05, 3.63) is 11.9 Å². The lowest BCUT2D eigenvalue weighted by molar-refractivity contribution is -0.138. The van der Waals surface area contributed by atoms with Crippen LogP contribution in [0.3, 0.4) is 0 Å². The molecule has 0 bridgehead atoms. The Morgan fingerprint density at radius 3 is 2.41 bits per heavy atom. The fourth-order valence-electron chi connectivity index (χ4n) is 10.2. The van der Waals surface area contributed by atoms with Crippen LogP contribution in [0.5, 0.6) is 0 Å². The summed E-state index contributed by atoms with van der Waals surface area (Å²) in [6.07, 6.45) is 19.5. The van der Waals surface area contributed by atoms with E-state index in [1.165, 1.54) is 77.0 Å². The zero-order valence-electron chi connectivity index (χ0n) is 25.2. The van der Waals surface area contributed by atoms with E-state index in [0.717, 1.165) is 47.1 Å². The minimum atomic E-state index is 0.354. The van der Waals surface area contributed by atoms with Gasteiger partial charge in [-0.15, -0.1) is 5.10 Å². The Morgan fingerprint density at radius 1 is 0.919 bits per heavy atom. The summed E-state index contributed by atoms with van der Waals surface area (Å²) in [6.45, 7) is 17.7. The molecule has 210 valence electrons. The van der Waals surface area contributed by atoms with Gasteiger partial charge < -0.3 is 4.74 Å². The lowest BCUT2D eigenvalue weighted by Crippen LogP contribution is -2.54. The molecule has 0 amide bonds. The SMILES string of the molecule is CC(C)CCC[C@@H](C)[C@H]1CCC2C3CCC4C[C@@H](OCc5cn(C(C)C)nn5)CC[C@]4(C)C3CC[C@@]21C. The third kappa shape index (κ3) is 5.31. The van der Waals surface area contributed by atoms with Gasteiger partial charge >= 0.3 is 0 Å². The second kappa shape index (κ2) is 10.9. The van der Waals surface area contributed by atoms with Crippen molar-refractivity contribution in [3.8, 4) is 0 Å². The molecule has 9 atom stereocenters. The van der Waals surface area contributed by atoms with Gasteiger partial charge in [0.2, 0.25) is 0 Å². The first kappa shape index (κ1) is 27.7. The van der Waals surface area contributed by atoms with Crippen LogP contribution in [-0.4, -0.2) is 21.1 Å². The fraction of sp³-hybridized carbons (Fsp3) is 0.939. The number of aromatic nitrogens is 3. The molecule has 4 aliphatic rings. The molecule has 1 heterocycles. The van der Waals surface area contributed by atoms with Gasteiger partial charge in [-0.05, 0) is 124 Å². The molecule has 0 N–H and O–H groups in total. The Balaban J connectivity index is 1.19. The maximum Gasteiger partial charge on any atom is 0.108 e. The molecule has 0 saturated heterocycles. The van der Waals surface area contributed by atoms with Crippen LogP contribution in [0.25, 0.3) is 0 Å². The van der Waals surface area contributed by atoms with Crippen molar-refractivity contribution in [2.75, 3.05) is 0 Å². The molecule has 0 radical (unpaired) electrons. The molecular weight excluding hydrogens is 454 g/mol. The van der Waals surface area contributed by atoms with Gasteiger partial charge in [0.05, 0.1) is 18.9 Å². The minimum Gasteiger partial charge on any atom is -0.372 e. The topological polar surface area (TPSA) is 39.9 Å². The predicted octanol–water partition coefficient (Wildman–Crippen LogP) is 8.87. The number of rotatable bonds is 9. The number of hydrogen-bond donors (Lipinski definition) is 0. The lowest BCUT2D eigenvalue weighted by atomic mass is 9.44. The van der Waals surface area contributed by atoms with E-state index >= 15 is 0 Å². The zero-order valence-corrected chi connectivity index (χ0v) is 25.2. The van der Waals surface area contributed by atoms with E-state index in [9.17, 15) is 0 Å². The van der Waals surface area contributed by atoms with Crippen molar-refractivity contribution in [3.63, 3.8) is 0 Å². The summed E-state index contributed by atoms with van der Waals surface area (Å²) in [5, 5.41) is 8.60. The third-order valence-corrected chi connectivity index (χ3v) is 12.4. The Morgan fingerprint density at radius 2 is 1.68 bits per heavy atom. The summed E-state index contributed by atoms with van der Waals surface area (Å²) in [7, 11) is 0. The molecule has 4 aliphatic carbocycles. The monoisotopic (exact) mass is 511 g/mol. The number of hydrogen-bond acceptors (Lipinski definition) is 3. The average molecular weight is 512 g/mol. The van der Waals surface area contributed by atoms with E-state index in [4.69, 9.17) is 4.74 Å². The van der Waals surface area contributed by atoms with Gasteiger partial charge in [0.25, 0.3) is 0 Å². The minimum absolute atomic E-state index is 0.354. The van der Waals surface area contributed by atoms with Crippen LogP contribution in [-0.2, 0) is 11.3 Å². The highest BCUT2D eigenvalue weighted by atomic mass is 16.5. The van der Waals surface area contributed by atoms with E-state index in [2.05, 4.69) is 65.0 Å². The molecule has 4 nitrogen and oxygen atoms in total. The maximum atomic E-state index is 6.45. The Kier molecular flexibility index (Phi) is 8.17. The normalized spacial score (nSPS) is 40.5. The summed E-state index contributed by atoms with van der Waals surface area (Å²) >= 11 is 0. The van der Waals surface area contributed by atoms with Crippen LogP contribution in [0, 0.1) is 52.3 Å². The number of nitrogens with zero attached hydrogens (tertiary/aromatic N) is 3. The smallest absolute Gasteiger partial charge is 0.108 e. The van der Waals surface area contributed by atoms with E-state index in [-0.39, 0.29) is 0 Å². The average Bonchev–Trinajstić information content (AvgIpc) is 3.47. The van der Waals surface area contributed by atoms with E-state index < -0.39 is 0 Å². The first-order chi connectivity index (χ1) is 17.6. The highest BCUT2D eigenvalue weighted by molar-refractivity contribution is 5.10. The standard InChI is InChI=1S/C33H57N3O/c1-22(2)9-8-10-24(5)29-13-14-30-28-12-11-25-19-27(37-21-26-20-36(23(3)4)35-34-26)15-17-32(25,6)31(28)16-18-33(29,30)7/h20,22-25,27-31H,8-19,21H2,1-7H3/t24-,25?,27+,28?,29-,30?,31?,32+,33-/m1/s1. The van der Waals surface area contributed by atoms with Gasteiger partial charge in [-0.3, -0.25) is 0 Å². The summed E-state index contributed by atoms with van der Waals surface area (Å²) in [6, 6.07) is 0.354. The molecule has 0 aromatic carbocycles. The van der Waals surface area contributed by atoms with Crippen LogP contribution < -0.4 is 0 Å². The molecule has 4 unspecified atom stereocenters. The summed E-state index contributed by atoms with van der Waals surface area (Å²) in [5.74, 6) is 6.49. The van der Waals surface area contributed by atoms with Gasteiger partial charge in [0, 0.05) is 6.04 Å². The maximum absolute atomic E-state index is 6.45. The first-order valence-electron chi connectivity index (χ1n) is 16.1. The van der Waals surface area contributed by atoms with Crippen molar-refractivity contribution < 1.29 is 4.74 Å². The number of ether oxygens (including phenoxy) is 1. The van der Waals surface area contributed by atoms with Gasteiger partial charge in [0.15, 0.2) is 0 Å². The molecule has 37 heavy (non-hydrogen) atoms. The Hall–Kier alpha value is -0.900. The third-order valence-electron chi connectivity index (χ3n) is 12.4. The molecule has 0 aliphatic heterocycles. The summed E-state index contributed by atoms with van der Waals surface area (Å²) < 4.78 is 8.39. The van der Waals surface area contributed by atoms with Crippen molar-refractivity contribution in [2.45, 2.75) is 144 Å². The van der Waals surface area contributed by atoms with Crippen LogP contribution in [0.4, 0.5) is 0 Å². The molecule has 4 saturated carbocycles. The van der Waals surface area contributed by atoms with Crippen molar-refractivity contribution in [1.29, 1.82) is 0 Å². The number of fused-ring (bicyclic) bond motifs is 5. The lowest BCUT2D eigenvalue weighted by Gasteiger charge is -2.61. The molecule has 4 heteroatoms. The molecule has 0 spiro atoms. The summed E-state index contributed by atoms with van der Waals surface area (Å²) in [4.78, 5) is 0. The van der Waals surface area contributed by atoms with Gasteiger partial charge in [0.1, 0.15) is 5.69 Å². The highest BCUT2D eigenvalue weighted by Crippen LogP contribution is 2.68. The highest BCUT2D eigenvalue weighted by Gasteiger charge is 2.60. The quantitative estimate of drug-likeness (QED) is 0.332. The molecule has 4 fully saturated rings. The van der Waals surface area contributed by atoms with Crippen LogP contribution in [0.15, 0.2) is 6.20 Å². The fourth-order valence-corrected chi connectivity index (χ4v) is 10.2. The van der Waals surface area contributed by atoms with Crippen molar-refractivity contribution in [1.82, 2.24) is 15.0 Å². The van der Waals surface area contributed by atoms with Crippen molar-refractivity contribution in [2.24, 2.45) is 52.3 Å².